The van der Waals surface area contributed by atoms with Crippen LogP contribution >= 0.6 is 0 Å². The molecule has 4 rings (SSSR count). The van der Waals surface area contributed by atoms with E-state index in [0.717, 1.165) is 29.7 Å². The first-order chi connectivity index (χ1) is 13.9. The predicted molar refractivity (Wildman–Crippen MR) is 105 cm³/mol. The summed E-state index contributed by atoms with van der Waals surface area (Å²) in [5, 5.41) is 0. The second kappa shape index (κ2) is 7.28. The fraction of sp³-hybridized carbons (Fsp3) is 0.304. The normalized spacial score (nSPS) is 17.0. The average molecular weight is 391 g/mol. The third-order valence-corrected chi connectivity index (χ3v) is 5.60. The molecule has 148 valence electrons. The number of hydrogen-bond acceptors (Lipinski definition) is 5. The van der Waals surface area contributed by atoms with E-state index in [-0.39, 0.29) is 16.9 Å². The Hall–Kier alpha value is -3.28. The number of Topliss-reactive ketones (excluding diaryl/α,β-unsaturated/α-hetero) is 1. The van der Waals surface area contributed by atoms with Gasteiger partial charge in [-0.05, 0) is 62.4 Å². The van der Waals surface area contributed by atoms with Crippen LogP contribution in [0.2, 0.25) is 0 Å². The first-order valence-electron chi connectivity index (χ1n) is 9.72. The summed E-state index contributed by atoms with van der Waals surface area (Å²) in [7, 11) is 0. The lowest BCUT2D eigenvalue weighted by Gasteiger charge is -2.22. The van der Waals surface area contributed by atoms with Crippen LogP contribution in [0.1, 0.15) is 62.5 Å². The summed E-state index contributed by atoms with van der Waals surface area (Å²) < 4.78 is 5.32. The van der Waals surface area contributed by atoms with Crippen molar-refractivity contribution in [2.75, 3.05) is 0 Å². The molecule has 1 aliphatic carbocycles. The summed E-state index contributed by atoms with van der Waals surface area (Å²) in [6.45, 7) is 2.93. The number of esters is 1. The van der Waals surface area contributed by atoms with E-state index >= 15 is 0 Å². The molecule has 0 aromatic heterocycles. The Morgan fingerprint density at radius 3 is 2.21 bits per heavy atom. The van der Waals surface area contributed by atoms with Crippen molar-refractivity contribution in [3.8, 4) is 0 Å². The van der Waals surface area contributed by atoms with Gasteiger partial charge in [-0.15, -0.1) is 0 Å². The number of fused-ring (bicyclic) bond motifs is 2. The maximum atomic E-state index is 12.7. The lowest BCUT2D eigenvalue weighted by molar-refractivity contribution is -0.150. The summed E-state index contributed by atoms with van der Waals surface area (Å²) in [6.07, 6.45) is 2.03. The van der Waals surface area contributed by atoms with E-state index in [1.165, 1.54) is 19.4 Å². The van der Waals surface area contributed by atoms with Gasteiger partial charge in [0.2, 0.25) is 5.78 Å². The van der Waals surface area contributed by atoms with E-state index < -0.39 is 29.9 Å². The van der Waals surface area contributed by atoms with Crippen molar-refractivity contribution >= 4 is 23.6 Å². The van der Waals surface area contributed by atoms with Crippen molar-refractivity contribution in [2.24, 2.45) is 0 Å². The van der Waals surface area contributed by atoms with Gasteiger partial charge in [-0.25, -0.2) is 4.79 Å². The van der Waals surface area contributed by atoms with E-state index in [1.54, 1.807) is 30.3 Å². The molecule has 0 saturated heterocycles. The van der Waals surface area contributed by atoms with E-state index in [0.29, 0.717) is 5.56 Å². The third-order valence-electron chi connectivity index (χ3n) is 5.60. The fourth-order valence-corrected chi connectivity index (χ4v) is 3.95. The fourth-order valence-electron chi connectivity index (χ4n) is 3.95. The minimum atomic E-state index is -1.13. The number of benzene rings is 2. The number of carbonyl (C=O) groups excluding carboxylic acids is 4. The number of carbonyl (C=O) groups is 4. The Balaban J connectivity index is 1.46. The molecule has 2 aromatic rings. The summed E-state index contributed by atoms with van der Waals surface area (Å²) in [5.74, 6) is -2.16. The van der Waals surface area contributed by atoms with Crippen LogP contribution in [0.25, 0.3) is 0 Å². The van der Waals surface area contributed by atoms with E-state index in [1.807, 2.05) is 12.1 Å². The van der Waals surface area contributed by atoms with Gasteiger partial charge in [0.05, 0.1) is 11.1 Å². The summed E-state index contributed by atoms with van der Waals surface area (Å²) in [4.78, 5) is 51.2. The molecule has 0 unspecified atom stereocenters. The molecule has 1 aliphatic heterocycles. The van der Waals surface area contributed by atoms with Crippen LogP contribution in [0, 0.1) is 0 Å². The van der Waals surface area contributed by atoms with Gasteiger partial charge in [0.25, 0.3) is 11.8 Å². The lowest BCUT2D eigenvalue weighted by Crippen LogP contribution is -2.45. The summed E-state index contributed by atoms with van der Waals surface area (Å²) in [6, 6.07) is 10.9. The minimum Gasteiger partial charge on any atom is -0.453 e. The highest BCUT2D eigenvalue weighted by Crippen LogP contribution is 2.26. The Morgan fingerprint density at radius 2 is 1.55 bits per heavy atom. The molecule has 0 fully saturated rings. The van der Waals surface area contributed by atoms with Gasteiger partial charge < -0.3 is 4.74 Å². The molecule has 0 bridgehead atoms. The standard InChI is InChI=1S/C23H21NO5/c1-13(24-21(26)18-8-3-4-9-19(18)22(24)27)23(28)29-14(2)20(25)17-11-10-15-6-5-7-16(15)12-17/h3-4,8-14H,5-7H2,1-2H3/t13-,14-/m1/s1. The third kappa shape index (κ3) is 3.24. The first-order valence-corrected chi connectivity index (χ1v) is 9.72. The maximum Gasteiger partial charge on any atom is 0.329 e. The molecule has 6 nitrogen and oxygen atoms in total. The highest BCUT2D eigenvalue weighted by Gasteiger charge is 2.41. The molecule has 1 heterocycles. The second-order valence-corrected chi connectivity index (χ2v) is 7.48. The number of amides is 2. The molecule has 6 heteroatoms. The van der Waals surface area contributed by atoms with Crippen molar-refractivity contribution in [1.82, 2.24) is 4.90 Å². The van der Waals surface area contributed by atoms with Crippen molar-refractivity contribution in [1.29, 1.82) is 0 Å². The number of rotatable bonds is 5. The molecule has 29 heavy (non-hydrogen) atoms. The first kappa shape index (κ1) is 19.1. The molecule has 0 saturated carbocycles. The highest BCUT2D eigenvalue weighted by atomic mass is 16.5. The molecule has 2 amide bonds. The van der Waals surface area contributed by atoms with Gasteiger partial charge in [0.1, 0.15) is 6.04 Å². The van der Waals surface area contributed by atoms with Crippen LogP contribution in [0.4, 0.5) is 0 Å². The van der Waals surface area contributed by atoms with E-state index in [9.17, 15) is 19.2 Å². The van der Waals surface area contributed by atoms with Crippen LogP contribution in [0.15, 0.2) is 42.5 Å². The van der Waals surface area contributed by atoms with Crippen LogP contribution in [0.3, 0.4) is 0 Å². The molecule has 0 spiro atoms. The molecule has 0 radical (unpaired) electrons. The predicted octanol–water partition coefficient (Wildman–Crippen LogP) is 2.97. The number of imide groups is 1. The Morgan fingerprint density at radius 1 is 0.931 bits per heavy atom. The number of aryl methyl sites for hydroxylation is 2. The van der Waals surface area contributed by atoms with Gasteiger partial charge in [-0.3, -0.25) is 19.3 Å². The Labute approximate surface area is 168 Å². The van der Waals surface area contributed by atoms with Crippen molar-refractivity contribution in [3.05, 3.63) is 70.3 Å². The van der Waals surface area contributed by atoms with E-state index in [2.05, 4.69) is 0 Å². The lowest BCUT2D eigenvalue weighted by atomic mass is 10.0. The zero-order valence-corrected chi connectivity index (χ0v) is 16.3. The number of nitrogens with zero attached hydrogens (tertiary/aromatic N) is 1. The molecule has 2 aromatic carbocycles. The monoisotopic (exact) mass is 391 g/mol. The van der Waals surface area contributed by atoms with Crippen molar-refractivity contribution < 1.29 is 23.9 Å². The maximum absolute atomic E-state index is 12.7. The van der Waals surface area contributed by atoms with Gasteiger partial charge in [-0.2, -0.15) is 0 Å². The van der Waals surface area contributed by atoms with Crippen LogP contribution in [0.5, 0.6) is 0 Å². The van der Waals surface area contributed by atoms with Crippen LogP contribution in [-0.4, -0.2) is 40.6 Å². The minimum absolute atomic E-state index is 0.263. The van der Waals surface area contributed by atoms with E-state index in [4.69, 9.17) is 4.74 Å². The van der Waals surface area contributed by atoms with Gasteiger partial charge >= 0.3 is 5.97 Å². The largest absolute Gasteiger partial charge is 0.453 e. The highest BCUT2D eigenvalue weighted by molar-refractivity contribution is 6.22. The Bertz CT molecular complexity index is 1010. The molecule has 2 atom stereocenters. The number of ether oxygens (including phenoxy) is 1. The second-order valence-electron chi connectivity index (χ2n) is 7.48. The zero-order chi connectivity index (χ0) is 20.7. The van der Waals surface area contributed by atoms with Gasteiger partial charge in [-0.1, -0.05) is 24.3 Å². The average Bonchev–Trinajstić information content (AvgIpc) is 3.29. The number of hydrogen-bond donors (Lipinski definition) is 0. The molecular weight excluding hydrogens is 370 g/mol. The SMILES string of the molecule is C[C@H](C(=O)O[C@H](C)C(=O)c1ccc2c(c1)CCC2)N1C(=O)c2ccccc2C1=O. The zero-order valence-electron chi connectivity index (χ0n) is 16.3. The molecular formula is C23H21NO5. The summed E-state index contributed by atoms with van der Waals surface area (Å²) in [5.41, 5.74) is 3.44. The Kier molecular flexibility index (Phi) is 4.78. The van der Waals surface area contributed by atoms with Gasteiger partial charge in [0, 0.05) is 5.56 Å². The smallest absolute Gasteiger partial charge is 0.329 e. The summed E-state index contributed by atoms with van der Waals surface area (Å²) >= 11 is 0. The topological polar surface area (TPSA) is 80.8 Å². The van der Waals surface area contributed by atoms with Gasteiger partial charge in [0.15, 0.2) is 6.10 Å². The van der Waals surface area contributed by atoms with Crippen molar-refractivity contribution in [2.45, 2.75) is 45.3 Å². The quantitative estimate of drug-likeness (QED) is 0.445. The number of ketones is 1. The van der Waals surface area contributed by atoms with Crippen LogP contribution in [-0.2, 0) is 22.4 Å². The van der Waals surface area contributed by atoms with Crippen LogP contribution < -0.4 is 0 Å². The molecule has 0 N–H and O–H groups in total. The van der Waals surface area contributed by atoms with Crippen molar-refractivity contribution in [3.63, 3.8) is 0 Å². The molecule has 2 aliphatic rings.